The van der Waals surface area contributed by atoms with Crippen molar-refractivity contribution >= 4 is 5.97 Å². The molecule has 0 atom stereocenters. The Labute approximate surface area is 150 Å². The number of rotatable bonds is 16. The molecular formula is C20H32O5. The Morgan fingerprint density at radius 3 is 1.80 bits per heavy atom. The van der Waals surface area contributed by atoms with Crippen molar-refractivity contribution in [3.63, 3.8) is 0 Å². The Kier molecular flexibility index (Phi) is 11.3. The molecule has 0 aromatic rings. The number of hydrogen-bond acceptors (Lipinski definition) is 4. The smallest absolute Gasteiger partial charge is 0.331 e. The maximum Gasteiger partial charge on any atom is 0.331 e. The summed E-state index contributed by atoms with van der Waals surface area (Å²) in [6.07, 6.45) is 19.6. The second kappa shape index (κ2) is 13.4. The van der Waals surface area contributed by atoms with Crippen LogP contribution in [0.5, 0.6) is 0 Å². The van der Waals surface area contributed by atoms with Crippen LogP contribution in [0.1, 0.15) is 83.5 Å². The van der Waals surface area contributed by atoms with Crippen LogP contribution in [-0.4, -0.2) is 21.3 Å². The number of aliphatic hydroxyl groups excluding tert-OH is 2. The van der Waals surface area contributed by atoms with Gasteiger partial charge in [0.1, 0.15) is 0 Å². The van der Waals surface area contributed by atoms with Gasteiger partial charge in [-0.3, -0.25) is 4.79 Å². The van der Waals surface area contributed by atoms with E-state index in [2.05, 4.69) is 4.74 Å². The van der Waals surface area contributed by atoms with Gasteiger partial charge in [0, 0.05) is 6.42 Å². The van der Waals surface area contributed by atoms with Gasteiger partial charge in [0.05, 0.1) is 0 Å². The monoisotopic (exact) mass is 352 g/mol. The molecule has 1 aliphatic heterocycles. The van der Waals surface area contributed by atoms with Crippen LogP contribution < -0.4 is 0 Å². The molecule has 1 aliphatic rings. The van der Waals surface area contributed by atoms with Crippen molar-refractivity contribution in [2.24, 2.45) is 0 Å². The van der Waals surface area contributed by atoms with E-state index in [1.807, 2.05) is 6.08 Å². The average Bonchev–Trinajstić information content (AvgIpc) is 3.31. The summed E-state index contributed by atoms with van der Waals surface area (Å²) in [7, 11) is 0. The van der Waals surface area contributed by atoms with Gasteiger partial charge in [0.25, 0.3) is 5.76 Å². The lowest BCUT2D eigenvalue weighted by Gasteiger charge is -2.02. The second-order valence-electron chi connectivity index (χ2n) is 6.54. The molecule has 1 heterocycles. The van der Waals surface area contributed by atoms with E-state index in [4.69, 9.17) is 10.2 Å². The first-order valence-electron chi connectivity index (χ1n) is 9.50. The van der Waals surface area contributed by atoms with Crippen molar-refractivity contribution in [2.45, 2.75) is 83.5 Å². The number of carbonyl (C=O) groups is 1. The van der Waals surface area contributed by atoms with Gasteiger partial charge in [-0.2, -0.15) is 0 Å². The number of aliphatic carboxylic acids is 1. The summed E-state index contributed by atoms with van der Waals surface area (Å²) in [5.74, 6) is -0.739. The van der Waals surface area contributed by atoms with Gasteiger partial charge in [0.2, 0.25) is 0 Å². The summed E-state index contributed by atoms with van der Waals surface area (Å²) >= 11 is 0. The van der Waals surface area contributed by atoms with Crippen molar-refractivity contribution in [3.8, 4) is 0 Å². The summed E-state index contributed by atoms with van der Waals surface area (Å²) in [4.78, 5) is 10.4. The van der Waals surface area contributed by atoms with Crippen LogP contribution in [0.3, 0.4) is 0 Å². The van der Waals surface area contributed by atoms with Crippen LogP contribution in [0.25, 0.3) is 0 Å². The molecule has 0 aromatic heterocycles. The van der Waals surface area contributed by atoms with Gasteiger partial charge in [0.15, 0.2) is 5.76 Å². The molecule has 0 amide bonds. The zero-order valence-electron chi connectivity index (χ0n) is 15.1. The average molecular weight is 352 g/mol. The molecule has 5 nitrogen and oxygen atoms in total. The van der Waals surface area contributed by atoms with Crippen molar-refractivity contribution < 1.29 is 24.9 Å². The minimum atomic E-state index is -0.684. The molecule has 0 unspecified atom stereocenters. The highest BCUT2D eigenvalue weighted by molar-refractivity contribution is 5.66. The Morgan fingerprint density at radius 1 is 0.840 bits per heavy atom. The Bertz CT molecular complexity index is 476. The molecular weight excluding hydrogens is 320 g/mol. The van der Waals surface area contributed by atoms with Crippen molar-refractivity contribution in [3.05, 3.63) is 35.7 Å². The number of ether oxygens (including phenoxy) is 1. The topological polar surface area (TPSA) is 90.3 Å². The first-order chi connectivity index (χ1) is 12.1. The minimum absolute atomic E-state index is 0.0318. The van der Waals surface area contributed by atoms with E-state index in [0.29, 0.717) is 6.42 Å². The molecule has 5 heteroatoms. The molecule has 142 valence electrons. The predicted octanol–water partition coefficient (Wildman–Crippen LogP) is 5.90. The van der Waals surface area contributed by atoms with Gasteiger partial charge < -0.3 is 20.1 Å². The van der Waals surface area contributed by atoms with Crippen LogP contribution in [0.15, 0.2) is 35.7 Å². The summed E-state index contributed by atoms with van der Waals surface area (Å²) in [6.45, 7) is 0. The van der Waals surface area contributed by atoms with Crippen molar-refractivity contribution in [1.29, 1.82) is 0 Å². The fraction of sp³-hybridized carbons (Fsp3) is 0.650. The SMILES string of the molecule is O=C(O)CCCCCCCCCCCCCC=CC=C(O)C1=C(O)O1. The van der Waals surface area contributed by atoms with E-state index >= 15 is 0 Å². The van der Waals surface area contributed by atoms with E-state index < -0.39 is 5.97 Å². The maximum absolute atomic E-state index is 10.4. The standard InChI is InChI=1S/C20H32O5/c21-17(19-20(24)25-19)15-13-11-9-7-5-3-1-2-4-6-8-10-12-14-16-18(22)23/h11,13,15,21,24H,1-10,12,14,16H2,(H,22,23). The van der Waals surface area contributed by atoms with Crippen LogP contribution in [-0.2, 0) is 9.53 Å². The van der Waals surface area contributed by atoms with E-state index in [-0.39, 0.29) is 17.5 Å². The fourth-order valence-electron chi connectivity index (χ4n) is 2.69. The molecule has 0 fully saturated rings. The molecule has 0 saturated carbocycles. The largest absolute Gasteiger partial charge is 0.504 e. The van der Waals surface area contributed by atoms with E-state index in [0.717, 1.165) is 32.1 Å². The summed E-state index contributed by atoms with van der Waals surface area (Å²) in [6, 6.07) is 0. The third-order valence-electron chi connectivity index (χ3n) is 4.24. The molecule has 0 aliphatic carbocycles. The Morgan fingerprint density at radius 2 is 1.32 bits per heavy atom. The Hall–Kier alpha value is -1.91. The van der Waals surface area contributed by atoms with Crippen molar-refractivity contribution in [1.82, 2.24) is 0 Å². The van der Waals surface area contributed by atoms with E-state index in [9.17, 15) is 9.90 Å². The lowest BCUT2D eigenvalue weighted by molar-refractivity contribution is -0.137. The molecule has 0 spiro atoms. The maximum atomic E-state index is 10.4. The number of allylic oxidation sites excluding steroid dienone is 3. The second-order valence-corrected chi connectivity index (χ2v) is 6.54. The normalized spacial score (nSPS) is 14.2. The number of carboxylic acid groups (broad SMARTS) is 1. The van der Waals surface area contributed by atoms with Crippen LogP contribution in [0.2, 0.25) is 0 Å². The zero-order chi connectivity index (χ0) is 18.3. The van der Waals surface area contributed by atoms with Gasteiger partial charge in [-0.05, 0) is 25.3 Å². The number of aliphatic hydroxyl groups is 2. The Balaban J connectivity index is 1.78. The molecule has 0 radical (unpaired) electrons. The number of unbranched alkanes of at least 4 members (excludes halogenated alkanes) is 11. The number of carboxylic acids is 1. The molecule has 25 heavy (non-hydrogen) atoms. The molecule has 0 aromatic carbocycles. The molecule has 0 bridgehead atoms. The summed E-state index contributed by atoms with van der Waals surface area (Å²) in [5.41, 5.74) is 0. The number of hydrogen-bond donors (Lipinski definition) is 3. The fourth-order valence-corrected chi connectivity index (χ4v) is 2.69. The third kappa shape index (κ3) is 12.1. The third-order valence-corrected chi connectivity index (χ3v) is 4.24. The molecule has 3 N–H and O–H groups in total. The van der Waals surface area contributed by atoms with Gasteiger partial charge in [-0.15, -0.1) is 0 Å². The van der Waals surface area contributed by atoms with Gasteiger partial charge in [-0.1, -0.05) is 69.9 Å². The molecule has 0 saturated heterocycles. The highest BCUT2D eigenvalue weighted by atomic mass is 16.7. The van der Waals surface area contributed by atoms with Crippen LogP contribution in [0.4, 0.5) is 0 Å². The molecule has 1 rings (SSSR count). The highest BCUT2D eigenvalue weighted by Crippen LogP contribution is 2.28. The van der Waals surface area contributed by atoms with Crippen LogP contribution >= 0.6 is 0 Å². The van der Waals surface area contributed by atoms with E-state index in [1.165, 1.54) is 51.0 Å². The van der Waals surface area contributed by atoms with Crippen molar-refractivity contribution in [2.75, 3.05) is 0 Å². The summed E-state index contributed by atoms with van der Waals surface area (Å²) in [5, 5.41) is 26.8. The van der Waals surface area contributed by atoms with Gasteiger partial charge >= 0.3 is 11.9 Å². The quantitative estimate of drug-likeness (QED) is 0.183. The lowest BCUT2D eigenvalue weighted by Crippen LogP contribution is -1.93. The lowest BCUT2D eigenvalue weighted by atomic mass is 10.0. The first-order valence-corrected chi connectivity index (χ1v) is 9.50. The highest BCUT2D eigenvalue weighted by Gasteiger charge is 2.28. The first kappa shape index (κ1) is 21.1. The van der Waals surface area contributed by atoms with Gasteiger partial charge in [-0.25, -0.2) is 0 Å². The summed E-state index contributed by atoms with van der Waals surface area (Å²) < 4.78 is 4.58. The predicted molar refractivity (Wildman–Crippen MR) is 98.2 cm³/mol. The zero-order valence-corrected chi connectivity index (χ0v) is 15.1. The minimum Gasteiger partial charge on any atom is -0.504 e. The van der Waals surface area contributed by atoms with Crippen LogP contribution in [0, 0.1) is 0 Å². The van der Waals surface area contributed by atoms with E-state index in [1.54, 1.807) is 6.08 Å².